The average Bonchev–Trinajstić information content (AvgIpc) is 2.33. The molecule has 0 saturated carbocycles. The van der Waals surface area contributed by atoms with Gasteiger partial charge in [0.1, 0.15) is 0 Å². The fourth-order valence-electron chi connectivity index (χ4n) is 2.54. The number of ether oxygens (including phenoxy) is 1. The van der Waals surface area contributed by atoms with E-state index in [1.807, 2.05) is 4.90 Å². The average molecular weight is 241 g/mol. The lowest BCUT2D eigenvalue weighted by Crippen LogP contribution is -2.52. The third-order valence-electron chi connectivity index (χ3n) is 4.20. The number of aliphatic hydroxyl groups excluding tert-OH is 1. The predicted octanol–water partition coefficient (Wildman–Crippen LogP) is 1.03. The molecule has 0 radical (unpaired) electrons. The first-order valence-corrected chi connectivity index (χ1v) is 6.55. The summed E-state index contributed by atoms with van der Waals surface area (Å²) >= 11 is 0. The van der Waals surface area contributed by atoms with Crippen molar-refractivity contribution in [1.29, 1.82) is 0 Å². The number of likely N-dealkylation sites (tertiary alicyclic amines) is 1. The second-order valence-electron chi connectivity index (χ2n) is 5.93. The number of β-amino-alcohol motifs (C(OH)–C–C–N with tert-alkyl or cyclic N) is 1. The van der Waals surface area contributed by atoms with Crippen LogP contribution in [0.2, 0.25) is 0 Å². The number of carbonyl (C=O) groups excluding carboxylic acids is 1. The number of nitrogens with zero attached hydrogens (tertiary/aromatic N) is 1. The van der Waals surface area contributed by atoms with Crippen LogP contribution in [0.3, 0.4) is 0 Å². The molecule has 0 aromatic rings. The van der Waals surface area contributed by atoms with Crippen molar-refractivity contribution in [3.63, 3.8) is 0 Å². The highest BCUT2D eigenvalue weighted by atomic mass is 16.5. The third-order valence-corrected chi connectivity index (χ3v) is 4.20. The van der Waals surface area contributed by atoms with Crippen molar-refractivity contribution in [2.45, 2.75) is 39.2 Å². The molecule has 2 rings (SSSR count). The summed E-state index contributed by atoms with van der Waals surface area (Å²) in [7, 11) is 0. The van der Waals surface area contributed by atoms with Crippen LogP contribution in [0.1, 0.15) is 33.1 Å². The third kappa shape index (κ3) is 2.80. The Kier molecular flexibility index (Phi) is 3.73. The Balaban J connectivity index is 1.92. The molecule has 98 valence electrons. The second kappa shape index (κ2) is 4.94. The van der Waals surface area contributed by atoms with Crippen molar-refractivity contribution >= 4 is 5.91 Å². The smallest absolute Gasteiger partial charge is 0.225 e. The van der Waals surface area contributed by atoms with E-state index in [0.29, 0.717) is 19.8 Å². The highest BCUT2D eigenvalue weighted by Gasteiger charge is 2.37. The minimum atomic E-state index is -0.403. The summed E-state index contributed by atoms with van der Waals surface area (Å²) in [5.41, 5.74) is -0.0630. The van der Waals surface area contributed by atoms with E-state index < -0.39 is 6.10 Å². The van der Waals surface area contributed by atoms with E-state index in [4.69, 9.17) is 4.74 Å². The second-order valence-corrected chi connectivity index (χ2v) is 5.93. The standard InChI is InChI=1S/C13H23NO3/c1-13(2)5-6-14(9-11(13)15)12(16)10-3-7-17-8-4-10/h10-11,15H,3-9H2,1-2H3. The van der Waals surface area contributed by atoms with Crippen molar-refractivity contribution in [1.82, 2.24) is 4.90 Å². The van der Waals surface area contributed by atoms with Crippen LogP contribution in [0.4, 0.5) is 0 Å². The van der Waals surface area contributed by atoms with Crippen LogP contribution >= 0.6 is 0 Å². The first-order valence-electron chi connectivity index (χ1n) is 6.55. The molecular formula is C13H23NO3. The fourth-order valence-corrected chi connectivity index (χ4v) is 2.54. The molecule has 2 fully saturated rings. The van der Waals surface area contributed by atoms with Gasteiger partial charge in [-0.3, -0.25) is 4.79 Å². The van der Waals surface area contributed by atoms with E-state index >= 15 is 0 Å². The van der Waals surface area contributed by atoms with Crippen LogP contribution in [0.25, 0.3) is 0 Å². The van der Waals surface area contributed by atoms with Gasteiger partial charge < -0.3 is 14.7 Å². The topological polar surface area (TPSA) is 49.8 Å². The molecule has 1 N–H and O–H groups in total. The van der Waals surface area contributed by atoms with Crippen LogP contribution in [0.5, 0.6) is 0 Å². The Hall–Kier alpha value is -0.610. The molecule has 1 unspecified atom stereocenters. The number of carbonyl (C=O) groups is 1. The summed E-state index contributed by atoms with van der Waals surface area (Å²) < 4.78 is 5.27. The van der Waals surface area contributed by atoms with E-state index in [1.54, 1.807) is 0 Å². The van der Waals surface area contributed by atoms with E-state index in [9.17, 15) is 9.90 Å². The summed E-state index contributed by atoms with van der Waals surface area (Å²) in [6, 6.07) is 0. The zero-order valence-electron chi connectivity index (χ0n) is 10.8. The number of hydrogen-bond donors (Lipinski definition) is 1. The van der Waals surface area contributed by atoms with Crippen molar-refractivity contribution in [3.8, 4) is 0 Å². The molecular weight excluding hydrogens is 218 g/mol. The predicted molar refractivity (Wildman–Crippen MR) is 64.5 cm³/mol. The number of rotatable bonds is 1. The van der Waals surface area contributed by atoms with Gasteiger partial charge >= 0.3 is 0 Å². The highest BCUT2D eigenvalue weighted by molar-refractivity contribution is 5.79. The molecule has 0 aliphatic carbocycles. The van der Waals surface area contributed by atoms with E-state index in [1.165, 1.54) is 0 Å². The minimum absolute atomic E-state index is 0.0630. The number of piperidine rings is 1. The molecule has 4 heteroatoms. The SMILES string of the molecule is CC1(C)CCN(C(=O)C2CCOCC2)CC1O. The van der Waals surface area contributed by atoms with Crippen LogP contribution in [0, 0.1) is 11.3 Å². The fraction of sp³-hybridized carbons (Fsp3) is 0.923. The molecule has 0 aromatic carbocycles. The van der Waals surface area contributed by atoms with Gasteiger partial charge in [-0.25, -0.2) is 0 Å². The molecule has 0 spiro atoms. The molecule has 4 nitrogen and oxygen atoms in total. The lowest BCUT2D eigenvalue weighted by atomic mass is 9.79. The first-order chi connectivity index (χ1) is 8.00. The summed E-state index contributed by atoms with van der Waals surface area (Å²) in [5, 5.41) is 10.0. The molecule has 1 atom stereocenters. The van der Waals surface area contributed by atoms with Crippen molar-refractivity contribution in [2.24, 2.45) is 11.3 Å². The van der Waals surface area contributed by atoms with Gasteiger partial charge in [0.25, 0.3) is 0 Å². The van der Waals surface area contributed by atoms with Crippen molar-refractivity contribution in [3.05, 3.63) is 0 Å². The lowest BCUT2D eigenvalue weighted by molar-refractivity contribution is -0.145. The van der Waals surface area contributed by atoms with Crippen LogP contribution in [0.15, 0.2) is 0 Å². The maximum Gasteiger partial charge on any atom is 0.225 e. The van der Waals surface area contributed by atoms with E-state index in [2.05, 4.69) is 13.8 Å². The first kappa shape index (κ1) is 12.8. The molecule has 0 aromatic heterocycles. The normalized spacial score (nSPS) is 30.3. The maximum atomic E-state index is 12.3. The lowest BCUT2D eigenvalue weighted by Gasteiger charge is -2.42. The van der Waals surface area contributed by atoms with Crippen molar-refractivity contribution in [2.75, 3.05) is 26.3 Å². The molecule has 2 saturated heterocycles. The van der Waals surface area contributed by atoms with Crippen molar-refractivity contribution < 1.29 is 14.6 Å². The zero-order chi connectivity index (χ0) is 12.5. The van der Waals surface area contributed by atoms with E-state index in [0.717, 1.165) is 25.8 Å². The zero-order valence-corrected chi connectivity index (χ0v) is 10.8. The number of aliphatic hydroxyl groups is 1. The summed E-state index contributed by atoms with van der Waals surface area (Å²) in [4.78, 5) is 14.1. The number of hydrogen-bond acceptors (Lipinski definition) is 3. The maximum absolute atomic E-state index is 12.3. The van der Waals surface area contributed by atoms with Crippen LogP contribution in [-0.4, -0.2) is 48.3 Å². The Bertz CT molecular complexity index is 284. The quantitative estimate of drug-likeness (QED) is 0.746. The minimum Gasteiger partial charge on any atom is -0.391 e. The van der Waals surface area contributed by atoms with Gasteiger partial charge in [0.2, 0.25) is 5.91 Å². The molecule has 2 aliphatic heterocycles. The van der Waals surface area contributed by atoms with Gasteiger partial charge in [0.05, 0.1) is 6.10 Å². The van der Waals surface area contributed by atoms with Crippen LogP contribution in [-0.2, 0) is 9.53 Å². The monoisotopic (exact) mass is 241 g/mol. The summed E-state index contributed by atoms with van der Waals surface area (Å²) in [5.74, 6) is 0.319. The van der Waals surface area contributed by atoms with Gasteiger partial charge in [-0.1, -0.05) is 13.8 Å². The molecule has 0 bridgehead atoms. The Morgan fingerprint density at radius 1 is 1.35 bits per heavy atom. The van der Waals surface area contributed by atoms with Gasteiger partial charge in [-0.2, -0.15) is 0 Å². The van der Waals surface area contributed by atoms with Gasteiger partial charge in [0.15, 0.2) is 0 Å². The highest BCUT2D eigenvalue weighted by Crippen LogP contribution is 2.31. The Labute approximate surface area is 103 Å². The molecule has 1 amide bonds. The van der Waals surface area contributed by atoms with Gasteiger partial charge in [-0.15, -0.1) is 0 Å². The molecule has 2 aliphatic rings. The largest absolute Gasteiger partial charge is 0.391 e. The summed E-state index contributed by atoms with van der Waals surface area (Å²) in [6.07, 6.45) is 2.13. The van der Waals surface area contributed by atoms with Gasteiger partial charge in [0, 0.05) is 32.2 Å². The summed E-state index contributed by atoms with van der Waals surface area (Å²) in [6.45, 7) is 6.78. The van der Waals surface area contributed by atoms with E-state index in [-0.39, 0.29) is 17.2 Å². The molecule has 2 heterocycles. The Morgan fingerprint density at radius 3 is 2.59 bits per heavy atom. The molecule has 17 heavy (non-hydrogen) atoms. The Morgan fingerprint density at radius 2 is 2.00 bits per heavy atom. The number of amides is 1. The van der Waals surface area contributed by atoms with Gasteiger partial charge in [-0.05, 0) is 24.7 Å². The van der Waals surface area contributed by atoms with Crippen LogP contribution < -0.4 is 0 Å².